The highest BCUT2D eigenvalue weighted by atomic mass is 32.2. The summed E-state index contributed by atoms with van der Waals surface area (Å²) >= 11 is 1.61. The third-order valence-corrected chi connectivity index (χ3v) is 5.01. The monoisotopic (exact) mass is 321 g/mol. The molecule has 7 nitrogen and oxygen atoms in total. The average Bonchev–Trinajstić information content (AvgIpc) is 3.09. The normalized spacial score (nSPS) is 18.2. The van der Waals surface area contributed by atoms with Crippen molar-refractivity contribution in [1.29, 1.82) is 0 Å². The van der Waals surface area contributed by atoms with Gasteiger partial charge in [-0.2, -0.15) is 4.98 Å². The fourth-order valence-corrected chi connectivity index (χ4v) is 3.17. The van der Waals surface area contributed by atoms with Gasteiger partial charge in [0.25, 0.3) is 0 Å². The lowest BCUT2D eigenvalue weighted by molar-refractivity contribution is 0.143. The fraction of sp³-hybridized carbons (Fsp3) is 0.500. The molecule has 118 valence electrons. The molecule has 2 aromatic rings. The first-order chi connectivity index (χ1) is 10.6. The summed E-state index contributed by atoms with van der Waals surface area (Å²) in [5.74, 6) is 1.16. The standard InChI is InChI=1S/C14H19N5O2S/c1-2-3-22-12-10-11(17-13(15)18-12)19(8-16-10)5-9-4-14(9,6-20)7-21/h5,8,20-21H,2-4,6-7H2,1H3,(H2,15,17,18)/b9-5-. The molecule has 0 spiro atoms. The maximum atomic E-state index is 9.38. The summed E-state index contributed by atoms with van der Waals surface area (Å²) < 4.78 is 1.78. The molecule has 0 amide bonds. The zero-order valence-corrected chi connectivity index (χ0v) is 13.2. The molecule has 0 radical (unpaired) electrons. The van der Waals surface area contributed by atoms with Gasteiger partial charge in [-0.1, -0.05) is 6.92 Å². The van der Waals surface area contributed by atoms with Crippen LogP contribution in [-0.2, 0) is 0 Å². The summed E-state index contributed by atoms with van der Waals surface area (Å²) in [4.78, 5) is 12.9. The molecule has 2 aromatic heterocycles. The van der Waals surface area contributed by atoms with Gasteiger partial charge in [0.05, 0.1) is 13.2 Å². The third kappa shape index (κ3) is 2.57. The topological polar surface area (TPSA) is 110 Å². The highest BCUT2D eigenvalue weighted by Gasteiger charge is 2.48. The first kappa shape index (κ1) is 15.3. The molecule has 1 aliphatic carbocycles. The zero-order valence-electron chi connectivity index (χ0n) is 12.4. The molecule has 0 aliphatic heterocycles. The molecule has 4 N–H and O–H groups in total. The Morgan fingerprint density at radius 1 is 1.41 bits per heavy atom. The lowest BCUT2D eigenvalue weighted by Crippen LogP contribution is -2.12. The van der Waals surface area contributed by atoms with Crippen molar-refractivity contribution in [2.24, 2.45) is 5.41 Å². The molecular formula is C14H19N5O2S. The van der Waals surface area contributed by atoms with Gasteiger partial charge in [-0.3, -0.25) is 4.57 Å². The summed E-state index contributed by atoms with van der Waals surface area (Å²) in [7, 11) is 0. The van der Waals surface area contributed by atoms with Gasteiger partial charge in [-0.25, -0.2) is 9.97 Å². The van der Waals surface area contributed by atoms with Crippen molar-refractivity contribution in [3.05, 3.63) is 11.9 Å². The number of nitrogens with zero attached hydrogens (tertiary/aromatic N) is 4. The van der Waals surface area contributed by atoms with Gasteiger partial charge in [0.15, 0.2) is 5.65 Å². The van der Waals surface area contributed by atoms with Crippen LogP contribution in [0.25, 0.3) is 17.4 Å². The average molecular weight is 321 g/mol. The molecule has 1 saturated carbocycles. The van der Waals surface area contributed by atoms with Crippen LogP contribution in [0.3, 0.4) is 0 Å². The Kier molecular flexibility index (Phi) is 4.07. The van der Waals surface area contributed by atoms with Crippen LogP contribution in [0.15, 0.2) is 16.9 Å². The number of aromatic nitrogens is 4. The van der Waals surface area contributed by atoms with Crippen molar-refractivity contribution in [2.45, 2.75) is 24.8 Å². The highest BCUT2D eigenvalue weighted by molar-refractivity contribution is 7.99. The molecule has 0 saturated heterocycles. The number of hydrogen-bond donors (Lipinski definition) is 3. The van der Waals surface area contributed by atoms with Crippen molar-refractivity contribution in [2.75, 3.05) is 24.7 Å². The Morgan fingerprint density at radius 3 is 2.82 bits per heavy atom. The van der Waals surface area contributed by atoms with E-state index in [1.165, 1.54) is 0 Å². The van der Waals surface area contributed by atoms with Crippen LogP contribution in [0.1, 0.15) is 19.8 Å². The Hall–Kier alpha value is -1.64. The molecule has 2 heterocycles. The highest BCUT2D eigenvalue weighted by Crippen LogP contribution is 2.51. The van der Waals surface area contributed by atoms with E-state index in [2.05, 4.69) is 21.9 Å². The van der Waals surface area contributed by atoms with E-state index < -0.39 is 5.41 Å². The summed E-state index contributed by atoms with van der Waals surface area (Å²) in [6, 6.07) is 0. The Bertz CT molecular complexity index is 723. The number of imidazole rings is 1. The molecular weight excluding hydrogens is 302 g/mol. The SMILES string of the molecule is CCCSc1nc(N)nc2c1ncn2/C=C1/CC1(CO)CO. The number of nitrogens with two attached hydrogens (primary N) is 1. The Morgan fingerprint density at radius 2 is 2.18 bits per heavy atom. The molecule has 0 atom stereocenters. The van der Waals surface area contributed by atoms with Crippen molar-refractivity contribution in [1.82, 2.24) is 19.5 Å². The zero-order chi connectivity index (χ0) is 15.7. The van der Waals surface area contributed by atoms with Gasteiger partial charge in [-0.05, 0) is 24.2 Å². The minimum atomic E-state index is -0.491. The van der Waals surface area contributed by atoms with Crippen LogP contribution in [-0.4, -0.2) is 48.7 Å². The maximum absolute atomic E-state index is 9.38. The van der Waals surface area contributed by atoms with E-state index in [1.807, 2.05) is 6.20 Å². The van der Waals surface area contributed by atoms with Crippen LogP contribution in [0.4, 0.5) is 5.95 Å². The summed E-state index contributed by atoms with van der Waals surface area (Å²) in [6.45, 7) is 1.99. The van der Waals surface area contributed by atoms with Gasteiger partial charge in [0, 0.05) is 11.6 Å². The quantitative estimate of drug-likeness (QED) is 0.540. The van der Waals surface area contributed by atoms with Gasteiger partial charge in [0.1, 0.15) is 16.9 Å². The largest absolute Gasteiger partial charge is 0.395 e. The lowest BCUT2D eigenvalue weighted by atomic mass is 10.1. The number of nitrogen functional groups attached to an aromatic ring is 1. The smallest absolute Gasteiger partial charge is 0.223 e. The van der Waals surface area contributed by atoms with Crippen LogP contribution >= 0.6 is 11.8 Å². The Labute approximate surface area is 132 Å². The van der Waals surface area contributed by atoms with E-state index in [1.54, 1.807) is 22.7 Å². The summed E-state index contributed by atoms with van der Waals surface area (Å²) in [5, 5.41) is 19.5. The summed E-state index contributed by atoms with van der Waals surface area (Å²) in [5.41, 5.74) is 7.67. The lowest BCUT2D eigenvalue weighted by Gasteiger charge is -2.05. The molecule has 0 unspecified atom stereocenters. The van der Waals surface area contributed by atoms with E-state index in [4.69, 9.17) is 5.73 Å². The van der Waals surface area contributed by atoms with Gasteiger partial charge in [-0.15, -0.1) is 11.8 Å². The van der Waals surface area contributed by atoms with Crippen molar-refractivity contribution >= 4 is 35.1 Å². The van der Waals surface area contributed by atoms with Gasteiger partial charge in [0.2, 0.25) is 5.95 Å². The van der Waals surface area contributed by atoms with Crippen LogP contribution < -0.4 is 5.73 Å². The van der Waals surface area contributed by atoms with Crippen molar-refractivity contribution < 1.29 is 10.2 Å². The summed E-state index contributed by atoms with van der Waals surface area (Å²) in [6.07, 6.45) is 5.25. The number of rotatable bonds is 6. The molecule has 1 fully saturated rings. The number of anilines is 1. The molecule has 8 heteroatoms. The number of hydrogen-bond acceptors (Lipinski definition) is 7. The van der Waals surface area contributed by atoms with Gasteiger partial charge < -0.3 is 15.9 Å². The van der Waals surface area contributed by atoms with E-state index in [9.17, 15) is 10.2 Å². The predicted molar refractivity (Wildman–Crippen MR) is 86.2 cm³/mol. The molecule has 1 aliphatic rings. The first-order valence-electron chi connectivity index (χ1n) is 7.19. The van der Waals surface area contributed by atoms with Crippen LogP contribution in [0, 0.1) is 5.41 Å². The number of aliphatic hydroxyl groups is 2. The van der Waals surface area contributed by atoms with Crippen LogP contribution in [0.2, 0.25) is 0 Å². The van der Waals surface area contributed by atoms with E-state index in [-0.39, 0.29) is 19.2 Å². The minimum Gasteiger partial charge on any atom is -0.395 e. The van der Waals surface area contributed by atoms with Crippen molar-refractivity contribution in [3.8, 4) is 0 Å². The third-order valence-electron chi connectivity index (χ3n) is 3.83. The minimum absolute atomic E-state index is 0.0588. The second-order valence-corrected chi connectivity index (χ2v) is 6.57. The maximum Gasteiger partial charge on any atom is 0.223 e. The Balaban J connectivity index is 1.99. The molecule has 0 bridgehead atoms. The number of thioether (sulfide) groups is 1. The second kappa shape index (κ2) is 5.86. The van der Waals surface area contributed by atoms with Gasteiger partial charge >= 0.3 is 0 Å². The second-order valence-electron chi connectivity index (χ2n) is 5.49. The number of fused-ring (bicyclic) bond motifs is 1. The van der Waals surface area contributed by atoms with E-state index in [0.717, 1.165) is 28.3 Å². The van der Waals surface area contributed by atoms with E-state index in [0.29, 0.717) is 12.1 Å². The van der Waals surface area contributed by atoms with E-state index >= 15 is 0 Å². The molecule has 0 aromatic carbocycles. The van der Waals surface area contributed by atoms with Crippen molar-refractivity contribution in [3.63, 3.8) is 0 Å². The van der Waals surface area contributed by atoms with Crippen LogP contribution in [0.5, 0.6) is 0 Å². The number of aliphatic hydroxyl groups excluding tert-OH is 2. The first-order valence-corrected chi connectivity index (χ1v) is 8.18. The fourth-order valence-electron chi connectivity index (χ4n) is 2.34. The molecule has 22 heavy (non-hydrogen) atoms. The predicted octanol–water partition coefficient (Wildman–Crippen LogP) is 1.13. The molecule has 3 rings (SSSR count).